The third-order valence-electron chi connectivity index (χ3n) is 3.06. The van der Waals surface area contributed by atoms with E-state index >= 15 is 0 Å². The molecule has 8 heteroatoms. The van der Waals surface area contributed by atoms with Gasteiger partial charge in [0.25, 0.3) is 5.91 Å². The number of pyridine rings is 1. The van der Waals surface area contributed by atoms with Crippen LogP contribution in [0.2, 0.25) is 0 Å². The van der Waals surface area contributed by atoms with Crippen LogP contribution >= 0.6 is 0 Å². The van der Waals surface area contributed by atoms with Crippen molar-refractivity contribution >= 4 is 11.6 Å². The monoisotopic (exact) mass is 286 g/mol. The van der Waals surface area contributed by atoms with E-state index in [1.165, 1.54) is 7.05 Å². The maximum absolute atomic E-state index is 11.8. The summed E-state index contributed by atoms with van der Waals surface area (Å²) >= 11 is 0. The van der Waals surface area contributed by atoms with Crippen molar-refractivity contribution in [1.29, 1.82) is 0 Å². The number of aromatic nitrogens is 5. The van der Waals surface area contributed by atoms with Crippen molar-refractivity contribution < 1.29 is 4.79 Å². The maximum atomic E-state index is 11.8. The molecule has 0 saturated heterocycles. The van der Waals surface area contributed by atoms with Gasteiger partial charge >= 0.3 is 5.69 Å². The average Bonchev–Trinajstić information content (AvgIpc) is 3.02. The maximum Gasteiger partial charge on any atom is 0.343 e. The van der Waals surface area contributed by atoms with Crippen LogP contribution in [0.1, 0.15) is 16.3 Å². The molecular formula is C13H14N6O2. The summed E-state index contributed by atoms with van der Waals surface area (Å²) in [6, 6.07) is 5.77. The molecule has 0 spiro atoms. The minimum Gasteiger partial charge on any atom is -0.349 e. The van der Waals surface area contributed by atoms with Crippen molar-refractivity contribution in [1.82, 2.24) is 29.5 Å². The first-order chi connectivity index (χ1) is 10.1. The molecular weight excluding hydrogens is 272 g/mol. The van der Waals surface area contributed by atoms with Gasteiger partial charge in [-0.05, 0) is 12.1 Å². The van der Waals surface area contributed by atoms with Crippen LogP contribution in [0, 0.1) is 0 Å². The molecule has 0 aliphatic carbocycles. The van der Waals surface area contributed by atoms with E-state index in [0.29, 0.717) is 13.0 Å². The fourth-order valence-corrected chi connectivity index (χ4v) is 2.00. The van der Waals surface area contributed by atoms with Gasteiger partial charge in [-0.2, -0.15) is 0 Å². The van der Waals surface area contributed by atoms with Crippen LogP contribution in [-0.2, 0) is 13.5 Å². The van der Waals surface area contributed by atoms with E-state index in [1.54, 1.807) is 0 Å². The second-order valence-corrected chi connectivity index (χ2v) is 4.61. The number of aromatic amines is 1. The van der Waals surface area contributed by atoms with Gasteiger partial charge in [0.1, 0.15) is 5.65 Å². The molecule has 0 fully saturated rings. The lowest BCUT2D eigenvalue weighted by Gasteiger charge is -2.00. The van der Waals surface area contributed by atoms with Gasteiger partial charge < -0.3 is 9.72 Å². The summed E-state index contributed by atoms with van der Waals surface area (Å²) in [4.78, 5) is 29.8. The minimum atomic E-state index is -0.416. The second-order valence-electron chi connectivity index (χ2n) is 4.61. The van der Waals surface area contributed by atoms with E-state index in [4.69, 9.17) is 0 Å². The topological polar surface area (TPSA) is 97.1 Å². The third-order valence-corrected chi connectivity index (χ3v) is 3.06. The number of hydrogen-bond acceptors (Lipinski definition) is 4. The van der Waals surface area contributed by atoms with Gasteiger partial charge in [0.05, 0.1) is 5.69 Å². The van der Waals surface area contributed by atoms with Gasteiger partial charge in [-0.1, -0.05) is 6.07 Å². The molecule has 108 valence electrons. The zero-order chi connectivity index (χ0) is 14.8. The lowest BCUT2D eigenvalue weighted by atomic mass is 10.3. The molecule has 21 heavy (non-hydrogen) atoms. The van der Waals surface area contributed by atoms with Crippen molar-refractivity contribution in [3.05, 3.63) is 52.6 Å². The second kappa shape index (κ2) is 5.23. The van der Waals surface area contributed by atoms with Crippen LogP contribution < -0.4 is 11.0 Å². The molecule has 0 aliphatic heterocycles. The lowest BCUT2D eigenvalue weighted by molar-refractivity contribution is 0.0943. The number of aryl methyl sites for hydroxylation is 1. The van der Waals surface area contributed by atoms with Crippen molar-refractivity contribution in [2.75, 3.05) is 6.54 Å². The van der Waals surface area contributed by atoms with Gasteiger partial charge in [0.2, 0.25) is 5.82 Å². The highest BCUT2D eigenvalue weighted by molar-refractivity contribution is 5.90. The predicted molar refractivity (Wildman–Crippen MR) is 75.1 cm³/mol. The van der Waals surface area contributed by atoms with E-state index in [1.807, 2.05) is 35.0 Å². The Morgan fingerprint density at radius 2 is 2.29 bits per heavy atom. The highest BCUT2D eigenvalue weighted by Crippen LogP contribution is 2.04. The van der Waals surface area contributed by atoms with Crippen molar-refractivity contribution in [2.24, 2.45) is 7.05 Å². The van der Waals surface area contributed by atoms with E-state index in [0.717, 1.165) is 16.0 Å². The number of carbonyl (C=O) groups is 1. The molecule has 0 aromatic carbocycles. The van der Waals surface area contributed by atoms with E-state index in [-0.39, 0.29) is 5.82 Å². The Hall–Kier alpha value is -2.90. The van der Waals surface area contributed by atoms with Gasteiger partial charge in [-0.25, -0.2) is 14.5 Å². The zero-order valence-electron chi connectivity index (χ0n) is 11.4. The number of imidazole rings is 1. The summed E-state index contributed by atoms with van der Waals surface area (Å²) in [5.41, 5.74) is 1.34. The molecule has 8 nitrogen and oxygen atoms in total. The molecule has 0 saturated carbocycles. The molecule has 3 rings (SSSR count). The molecule has 3 heterocycles. The molecule has 3 aromatic heterocycles. The number of hydrogen-bond donors (Lipinski definition) is 2. The summed E-state index contributed by atoms with van der Waals surface area (Å²) in [6.07, 6.45) is 4.44. The van der Waals surface area contributed by atoms with Gasteiger partial charge in [-0.15, -0.1) is 5.10 Å². The fraction of sp³-hybridized carbons (Fsp3) is 0.231. The summed E-state index contributed by atoms with van der Waals surface area (Å²) in [6.45, 7) is 0.418. The van der Waals surface area contributed by atoms with Crippen molar-refractivity contribution in [2.45, 2.75) is 6.42 Å². The minimum absolute atomic E-state index is 0.0116. The standard InChI is InChI=1S/C13H14N6O2/c1-18-13(21)16-11(17-18)12(20)14-6-5-9-8-19-7-3-2-4-10(19)15-9/h2-4,7-8H,5-6H2,1H3,(H,14,20)(H,16,17,21). The summed E-state index contributed by atoms with van der Waals surface area (Å²) in [7, 11) is 1.48. The smallest absolute Gasteiger partial charge is 0.343 e. The van der Waals surface area contributed by atoms with Gasteiger partial charge in [-0.3, -0.25) is 9.78 Å². The van der Waals surface area contributed by atoms with E-state index < -0.39 is 11.6 Å². The number of carbonyl (C=O) groups excluding carboxylic acids is 1. The first-order valence-corrected chi connectivity index (χ1v) is 6.47. The predicted octanol–water partition coefficient (Wildman–Crippen LogP) is -0.271. The summed E-state index contributed by atoms with van der Waals surface area (Å²) < 4.78 is 3.00. The molecule has 0 radical (unpaired) electrons. The molecule has 3 aromatic rings. The van der Waals surface area contributed by atoms with Crippen LogP contribution in [0.5, 0.6) is 0 Å². The van der Waals surface area contributed by atoms with Gasteiger partial charge in [0.15, 0.2) is 0 Å². The Kier molecular flexibility index (Phi) is 3.27. The average molecular weight is 286 g/mol. The number of fused-ring (bicyclic) bond motifs is 1. The van der Waals surface area contributed by atoms with Crippen LogP contribution in [0.25, 0.3) is 5.65 Å². The quantitative estimate of drug-likeness (QED) is 0.690. The van der Waals surface area contributed by atoms with Gasteiger partial charge in [0, 0.05) is 32.4 Å². The largest absolute Gasteiger partial charge is 0.349 e. The lowest BCUT2D eigenvalue weighted by Crippen LogP contribution is -2.27. The first kappa shape index (κ1) is 13.1. The third kappa shape index (κ3) is 2.69. The summed E-state index contributed by atoms with van der Waals surface area (Å²) in [5, 5.41) is 6.49. The number of H-pyrrole nitrogens is 1. The van der Waals surface area contributed by atoms with E-state index in [2.05, 4.69) is 20.4 Å². The Balaban J connectivity index is 1.60. The first-order valence-electron chi connectivity index (χ1n) is 6.47. The Labute approximate surface area is 119 Å². The number of amides is 1. The molecule has 0 aliphatic rings. The number of nitrogens with one attached hydrogen (secondary N) is 2. The Morgan fingerprint density at radius 3 is 3.00 bits per heavy atom. The number of nitrogens with zero attached hydrogens (tertiary/aromatic N) is 4. The zero-order valence-corrected chi connectivity index (χ0v) is 11.4. The fourth-order valence-electron chi connectivity index (χ4n) is 2.00. The van der Waals surface area contributed by atoms with E-state index in [9.17, 15) is 9.59 Å². The Morgan fingerprint density at radius 1 is 1.43 bits per heavy atom. The van der Waals surface area contributed by atoms with Crippen LogP contribution in [0.4, 0.5) is 0 Å². The SMILES string of the molecule is Cn1nc(C(=O)NCCc2cn3ccccc3n2)[nH]c1=O. The molecule has 0 atom stereocenters. The van der Waals surface area contributed by atoms with Crippen LogP contribution in [0.15, 0.2) is 35.4 Å². The van der Waals surface area contributed by atoms with Crippen LogP contribution in [-0.4, -0.2) is 36.6 Å². The van der Waals surface area contributed by atoms with Crippen LogP contribution in [0.3, 0.4) is 0 Å². The molecule has 0 unspecified atom stereocenters. The normalized spacial score (nSPS) is 10.9. The molecule has 0 bridgehead atoms. The summed E-state index contributed by atoms with van der Waals surface area (Å²) in [5.74, 6) is -0.394. The van der Waals surface area contributed by atoms with Crippen molar-refractivity contribution in [3.8, 4) is 0 Å². The molecule has 1 amide bonds. The van der Waals surface area contributed by atoms with Crippen molar-refractivity contribution in [3.63, 3.8) is 0 Å². The Bertz CT molecular complexity index is 811. The number of rotatable bonds is 4. The highest BCUT2D eigenvalue weighted by atomic mass is 16.2. The molecule has 2 N–H and O–H groups in total. The highest BCUT2D eigenvalue weighted by Gasteiger charge is 2.11.